The van der Waals surface area contributed by atoms with Gasteiger partial charge in [-0.3, -0.25) is 14.2 Å². The van der Waals surface area contributed by atoms with Crippen LogP contribution in [0.5, 0.6) is 0 Å². The molecule has 1 aromatic carbocycles. The monoisotopic (exact) mass is 565 g/mol. The Balaban J connectivity index is 1.40. The summed E-state index contributed by atoms with van der Waals surface area (Å²) >= 11 is 4.05. The summed E-state index contributed by atoms with van der Waals surface area (Å²) in [5, 5.41) is 6.42. The minimum Gasteiger partial charge on any atom is -0.462 e. The standard InChI is InChI=1S/C28H27N3O4S3/c1-4-13-31-26(33)22-19(17-11-9-16(3)10-12-17)14-36-24(22)30-28(31)37-15-21(32)29-25-23(27(34)35-5-2)18-7-6-8-20(18)38-25/h4,9-12,14H,1,5-8,13,15H2,2-3H3,(H,29,32). The fourth-order valence-electron chi connectivity index (χ4n) is 4.56. The summed E-state index contributed by atoms with van der Waals surface area (Å²) in [4.78, 5) is 45.7. The van der Waals surface area contributed by atoms with Gasteiger partial charge in [0.25, 0.3) is 5.56 Å². The third kappa shape index (κ3) is 5.08. The van der Waals surface area contributed by atoms with Crippen LogP contribution in [-0.2, 0) is 28.9 Å². The van der Waals surface area contributed by atoms with Gasteiger partial charge in [0.2, 0.25) is 5.91 Å². The van der Waals surface area contributed by atoms with Crippen LogP contribution in [0.2, 0.25) is 0 Å². The highest BCUT2D eigenvalue weighted by Crippen LogP contribution is 2.40. The van der Waals surface area contributed by atoms with Crippen molar-refractivity contribution in [1.82, 2.24) is 9.55 Å². The van der Waals surface area contributed by atoms with Gasteiger partial charge in [-0.2, -0.15) is 0 Å². The Morgan fingerprint density at radius 2 is 2.05 bits per heavy atom. The molecule has 0 spiro atoms. The first-order valence-corrected chi connectivity index (χ1v) is 15.0. The molecule has 196 valence electrons. The number of carbonyl (C=O) groups is 2. The van der Waals surface area contributed by atoms with Gasteiger partial charge in [-0.15, -0.1) is 29.3 Å². The molecule has 0 bridgehead atoms. The first kappa shape index (κ1) is 26.4. The summed E-state index contributed by atoms with van der Waals surface area (Å²) in [6.07, 6.45) is 4.37. The summed E-state index contributed by atoms with van der Waals surface area (Å²) in [5.74, 6) is -0.633. The molecule has 1 N–H and O–H groups in total. The molecule has 0 unspecified atom stereocenters. The third-order valence-corrected chi connectivity index (χ3v) is 9.37. The number of esters is 1. The Kier molecular flexibility index (Phi) is 7.83. The summed E-state index contributed by atoms with van der Waals surface area (Å²) in [5.41, 5.74) is 4.28. The van der Waals surface area contributed by atoms with Crippen LogP contribution in [0, 0.1) is 6.92 Å². The van der Waals surface area contributed by atoms with Crippen LogP contribution in [0.4, 0.5) is 5.00 Å². The number of hydrogen-bond donors (Lipinski definition) is 1. The van der Waals surface area contributed by atoms with Crippen molar-refractivity contribution >= 4 is 61.5 Å². The van der Waals surface area contributed by atoms with E-state index < -0.39 is 5.97 Å². The quantitative estimate of drug-likeness (QED) is 0.115. The molecule has 0 fully saturated rings. The highest BCUT2D eigenvalue weighted by Gasteiger charge is 2.28. The second-order valence-electron chi connectivity index (χ2n) is 8.91. The lowest BCUT2D eigenvalue weighted by molar-refractivity contribution is -0.113. The van der Waals surface area contributed by atoms with Crippen molar-refractivity contribution in [3.63, 3.8) is 0 Å². The number of carbonyl (C=O) groups excluding carboxylic acids is 2. The van der Waals surface area contributed by atoms with Crippen molar-refractivity contribution in [2.45, 2.75) is 44.8 Å². The maximum Gasteiger partial charge on any atom is 0.341 e. The lowest BCUT2D eigenvalue weighted by atomic mass is 10.1. The van der Waals surface area contributed by atoms with Gasteiger partial charge in [0, 0.05) is 22.4 Å². The zero-order chi connectivity index (χ0) is 26.8. The molecule has 3 heterocycles. The van der Waals surface area contributed by atoms with Crippen LogP contribution in [-0.4, -0.2) is 33.8 Å². The molecule has 1 amide bonds. The van der Waals surface area contributed by atoms with E-state index in [2.05, 4.69) is 11.9 Å². The van der Waals surface area contributed by atoms with Crippen LogP contribution in [0.3, 0.4) is 0 Å². The fraction of sp³-hybridized carbons (Fsp3) is 0.286. The average molecular weight is 566 g/mol. The van der Waals surface area contributed by atoms with E-state index >= 15 is 0 Å². The van der Waals surface area contributed by atoms with E-state index in [0.29, 0.717) is 25.9 Å². The molecular formula is C28H27N3O4S3. The van der Waals surface area contributed by atoms with E-state index in [1.54, 1.807) is 17.6 Å². The number of thioether (sulfide) groups is 1. The number of benzene rings is 1. The number of nitrogens with one attached hydrogen (secondary N) is 1. The Bertz CT molecular complexity index is 1600. The Hall–Kier alpha value is -3.21. The first-order chi connectivity index (χ1) is 18.4. The van der Waals surface area contributed by atoms with Crippen molar-refractivity contribution in [3.05, 3.63) is 74.2 Å². The third-order valence-electron chi connectivity index (χ3n) is 6.32. The smallest absolute Gasteiger partial charge is 0.341 e. The minimum absolute atomic E-state index is 0.0378. The molecule has 7 nitrogen and oxygen atoms in total. The van der Waals surface area contributed by atoms with Crippen LogP contribution >= 0.6 is 34.4 Å². The first-order valence-electron chi connectivity index (χ1n) is 12.4. The fourth-order valence-corrected chi connectivity index (χ4v) is 7.65. The molecule has 0 saturated heterocycles. The molecule has 0 aliphatic heterocycles. The summed E-state index contributed by atoms with van der Waals surface area (Å²) in [6.45, 7) is 8.14. The maximum absolute atomic E-state index is 13.6. The van der Waals surface area contributed by atoms with E-state index in [9.17, 15) is 14.4 Å². The number of fused-ring (bicyclic) bond motifs is 2. The number of thiophene rings is 2. The predicted molar refractivity (Wildman–Crippen MR) is 156 cm³/mol. The highest BCUT2D eigenvalue weighted by molar-refractivity contribution is 7.99. The topological polar surface area (TPSA) is 90.3 Å². The van der Waals surface area contributed by atoms with Crippen LogP contribution in [0.25, 0.3) is 21.3 Å². The normalized spacial score (nSPS) is 12.5. The number of hydrogen-bond acceptors (Lipinski definition) is 8. The number of ether oxygens (including phenoxy) is 1. The molecule has 4 aromatic rings. The molecule has 5 rings (SSSR count). The van der Waals surface area contributed by atoms with Crippen molar-refractivity contribution in [3.8, 4) is 11.1 Å². The van der Waals surface area contributed by atoms with Gasteiger partial charge < -0.3 is 10.1 Å². The van der Waals surface area contributed by atoms with Gasteiger partial charge in [0.15, 0.2) is 5.16 Å². The number of nitrogens with zero attached hydrogens (tertiary/aromatic N) is 2. The molecule has 0 saturated carbocycles. The number of aromatic nitrogens is 2. The molecule has 1 aliphatic rings. The van der Waals surface area contributed by atoms with E-state index in [-0.39, 0.29) is 30.4 Å². The highest BCUT2D eigenvalue weighted by atomic mass is 32.2. The van der Waals surface area contributed by atoms with Crippen molar-refractivity contribution in [2.75, 3.05) is 17.7 Å². The van der Waals surface area contributed by atoms with Crippen LogP contribution in [0.15, 0.2) is 52.3 Å². The molecule has 10 heteroatoms. The van der Waals surface area contributed by atoms with Gasteiger partial charge in [-0.05, 0) is 44.2 Å². The molecule has 38 heavy (non-hydrogen) atoms. The zero-order valence-corrected chi connectivity index (χ0v) is 23.6. The minimum atomic E-state index is -0.399. The van der Waals surface area contributed by atoms with Gasteiger partial charge in [-0.25, -0.2) is 9.78 Å². The second kappa shape index (κ2) is 11.3. The van der Waals surface area contributed by atoms with Gasteiger partial charge in [-0.1, -0.05) is 47.7 Å². The van der Waals surface area contributed by atoms with Crippen LogP contribution in [0.1, 0.15) is 39.7 Å². The van der Waals surface area contributed by atoms with Gasteiger partial charge in [0.05, 0.1) is 23.3 Å². The number of aryl methyl sites for hydroxylation is 2. The van der Waals surface area contributed by atoms with Crippen molar-refractivity contribution in [1.29, 1.82) is 0 Å². The zero-order valence-electron chi connectivity index (χ0n) is 21.2. The van der Waals surface area contributed by atoms with Crippen molar-refractivity contribution in [2.24, 2.45) is 0 Å². The number of rotatable bonds is 9. The Morgan fingerprint density at radius 1 is 1.26 bits per heavy atom. The molecule has 0 radical (unpaired) electrons. The maximum atomic E-state index is 13.6. The van der Waals surface area contributed by atoms with E-state index in [1.807, 2.05) is 36.6 Å². The van der Waals surface area contributed by atoms with E-state index in [4.69, 9.17) is 9.72 Å². The van der Waals surface area contributed by atoms with E-state index in [0.717, 1.165) is 46.4 Å². The number of anilines is 1. The predicted octanol–water partition coefficient (Wildman–Crippen LogP) is 6.08. The number of allylic oxidation sites excluding steroid dienone is 1. The average Bonchev–Trinajstić information content (AvgIpc) is 3.60. The van der Waals surface area contributed by atoms with Crippen LogP contribution < -0.4 is 10.9 Å². The lowest BCUT2D eigenvalue weighted by Crippen LogP contribution is -2.23. The van der Waals surface area contributed by atoms with Gasteiger partial charge in [0.1, 0.15) is 9.83 Å². The van der Waals surface area contributed by atoms with E-state index in [1.165, 1.54) is 34.4 Å². The summed E-state index contributed by atoms with van der Waals surface area (Å²) < 4.78 is 6.81. The largest absolute Gasteiger partial charge is 0.462 e. The summed E-state index contributed by atoms with van der Waals surface area (Å²) in [7, 11) is 0. The Labute approximate surface area is 232 Å². The molecule has 0 atom stereocenters. The lowest BCUT2D eigenvalue weighted by Gasteiger charge is -2.11. The SMILES string of the molecule is C=CCn1c(SCC(=O)Nc2sc3c(c2C(=O)OCC)CCC3)nc2scc(-c3ccc(C)cc3)c2c1=O. The molecule has 3 aromatic heterocycles. The number of amides is 1. The Morgan fingerprint density at radius 3 is 2.79 bits per heavy atom. The van der Waals surface area contributed by atoms with Crippen molar-refractivity contribution < 1.29 is 14.3 Å². The summed E-state index contributed by atoms with van der Waals surface area (Å²) in [6, 6.07) is 8.05. The van der Waals surface area contributed by atoms with Gasteiger partial charge >= 0.3 is 5.97 Å². The molecular weight excluding hydrogens is 539 g/mol. The second-order valence-corrected chi connectivity index (χ2v) is 11.8. The molecule has 1 aliphatic carbocycles.